The number of benzene rings is 2. The molecule has 6 nitrogen and oxygen atoms in total. The number of likely N-dealkylation sites (tertiary alicyclic amines) is 1. The number of hydrogen-bond donors (Lipinski definition) is 1. The van der Waals surface area contributed by atoms with Crippen LogP contribution in [0.2, 0.25) is 5.02 Å². The van der Waals surface area contributed by atoms with Gasteiger partial charge < -0.3 is 14.8 Å². The first-order valence-electron chi connectivity index (χ1n) is 11.1. The molecule has 1 saturated carbocycles. The van der Waals surface area contributed by atoms with Gasteiger partial charge in [0.1, 0.15) is 0 Å². The molecule has 0 bridgehead atoms. The molecular weight excluding hydrogens is 458 g/mol. The van der Waals surface area contributed by atoms with E-state index in [2.05, 4.69) is 27.7 Å². The van der Waals surface area contributed by atoms with Crippen molar-refractivity contribution in [2.24, 2.45) is 0 Å². The van der Waals surface area contributed by atoms with Gasteiger partial charge in [-0.25, -0.2) is 4.98 Å². The van der Waals surface area contributed by atoms with Crippen molar-refractivity contribution in [2.75, 3.05) is 25.2 Å². The molecule has 2 aliphatic heterocycles. The molecule has 1 aromatic heterocycles. The molecule has 1 radical (unpaired) electrons. The van der Waals surface area contributed by atoms with Gasteiger partial charge in [-0.2, -0.15) is 0 Å². The van der Waals surface area contributed by atoms with E-state index < -0.39 is 5.41 Å². The van der Waals surface area contributed by atoms with Gasteiger partial charge in [-0.15, -0.1) is 0 Å². The van der Waals surface area contributed by atoms with Crippen LogP contribution in [0, 0.1) is 6.42 Å². The zero-order valence-electron chi connectivity index (χ0n) is 17.9. The number of rotatable bonds is 6. The van der Waals surface area contributed by atoms with Crippen molar-refractivity contribution in [1.82, 2.24) is 9.88 Å². The van der Waals surface area contributed by atoms with E-state index in [1.165, 1.54) is 11.3 Å². The van der Waals surface area contributed by atoms with Crippen molar-refractivity contribution in [1.29, 1.82) is 0 Å². The molecule has 169 valence electrons. The lowest BCUT2D eigenvalue weighted by Gasteiger charge is -2.27. The third-order valence-corrected chi connectivity index (χ3v) is 7.98. The fraction of sp³-hybridized carbons (Fsp3) is 0.320. The van der Waals surface area contributed by atoms with Gasteiger partial charge in [0.05, 0.1) is 11.5 Å². The number of fused-ring (bicyclic) bond motifs is 1. The van der Waals surface area contributed by atoms with Gasteiger partial charge in [-0.05, 0) is 61.6 Å². The fourth-order valence-electron chi connectivity index (χ4n) is 4.72. The summed E-state index contributed by atoms with van der Waals surface area (Å²) in [5.74, 6) is 1.41. The highest BCUT2D eigenvalue weighted by atomic mass is 35.5. The van der Waals surface area contributed by atoms with Crippen molar-refractivity contribution in [3.8, 4) is 11.5 Å². The number of aromatic nitrogens is 1. The second-order valence-electron chi connectivity index (χ2n) is 8.67. The van der Waals surface area contributed by atoms with E-state index in [-0.39, 0.29) is 18.7 Å². The predicted molar refractivity (Wildman–Crippen MR) is 128 cm³/mol. The summed E-state index contributed by atoms with van der Waals surface area (Å²) in [4.78, 5) is 21.3. The maximum Gasteiger partial charge on any atom is 0.236 e. The van der Waals surface area contributed by atoms with Crippen LogP contribution in [-0.2, 0) is 10.2 Å². The van der Waals surface area contributed by atoms with Gasteiger partial charge >= 0.3 is 0 Å². The number of halogens is 1. The summed E-state index contributed by atoms with van der Waals surface area (Å²) in [6.45, 7) is 2.10. The third kappa shape index (κ3) is 3.78. The SMILES string of the molecule is O=C(Nc1ncc([C@H](c2ccccc2Cl)N2C[CH]CC2)s1)C1(c2ccc3c(c2)OCO3)CC1. The Bertz CT molecular complexity index is 1200. The molecule has 33 heavy (non-hydrogen) atoms. The van der Waals surface area contributed by atoms with Gasteiger partial charge in [0.2, 0.25) is 12.7 Å². The molecular formula is C25H23ClN3O3S. The van der Waals surface area contributed by atoms with Crippen LogP contribution in [0.3, 0.4) is 0 Å². The Morgan fingerprint density at radius 3 is 2.82 bits per heavy atom. The lowest BCUT2D eigenvalue weighted by molar-refractivity contribution is -0.118. The first-order valence-corrected chi connectivity index (χ1v) is 12.3. The van der Waals surface area contributed by atoms with Crippen LogP contribution in [0.25, 0.3) is 0 Å². The zero-order valence-corrected chi connectivity index (χ0v) is 19.5. The number of thiazole rings is 1. The van der Waals surface area contributed by atoms with Gasteiger partial charge in [-0.1, -0.05) is 47.2 Å². The van der Waals surface area contributed by atoms with Crippen LogP contribution >= 0.6 is 22.9 Å². The monoisotopic (exact) mass is 480 g/mol. The first-order chi connectivity index (χ1) is 16.1. The summed E-state index contributed by atoms with van der Waals surface area (Å²) < 4.78 is 10.9. The predicted octanol–water partition coefficient (Wildman–Crippen LogP) is 5.19. The molecule has 0 spiro atoms. The number of nitrogens with zero attached hydrogens (tertiary/aromatic N) is 2. The minimum absolute atomic E-state index is 0.0179. The van der Waals surface area contributed by atoms with Gasteiger partial charge in [-0.3, -0.25) is 9.69 Å². The lowest BCUT2D eigenvalue weighted by Crippen LogP contribution is -2.27. The number of carbonyl (C=O) groups excluding carboxylic acids is 1. The number of carbonyl (C=O) groups is 1. The Labute approximate surface area is 201 Å². The smallest absolute Gasteiger partial charge is 0.236 e. The normalized spacial score (nSPS) is 19.4. The van der Waals surface area contributed by atoms with Crippen molar-refractivity contribution < 1.29 is 14.3 Å². The van der Waals surface area contributed by atoms with Crippen molar-refractivity contribution in [2.45, 2.75) is 30.7 Å². The number of amides is 1. The molecule has 0 unspecified atom stereocenters. The summed E-state index contributed by atoms with van der Waals surface area (Å²) in [6.07, 6.45) is 6.83. The summed E-state index contributed by atoms with van der Waals surface area (Å²) in [7, 11) is 0. The second kappa shape index (κ2) is 8.31. The highest BCUT2D eigenvalue weighted by molar-refractivity contribution is 7.15. The summed E-state index contributed by atoms with van der Waals surface area (Å²) >= 11 is 8.09. The van der Waals surface area contributed by atoms with E-state index in [1.807, 2.05) is 42.6 Å². The second-order valence-corrected chi connectivity index (χ2v) is 10.1. The zero-order chi connectivity index (χ0) is 22.4. The third-order valence-electron chi connectivity index (χ3n) is 6.67. The molecule has 1 saturated heterocycles. The number of hydrogen-bond acceptors (Lipinski definition) is 6. The molecule has 3 aliphatic rings. The quantitative estimate of drug-likeness (QED) is 0.525. The number of nitrogens with one attached hydrogen (secondary N) is 1. The lowest BCUT2D eigenvalue weighted by atomic mass is 9.94. The molecule has 1 aliphatic carbocycles. The maximum absolute atomic E-state index is 13.3. The van der Waals surface area contributed by atoms with Gasteiger partial charge in [0.25, 0.3) is 0 Å². The average Bonchev–Trinajstić information content (AvgIpc) is 3.19. The number of ether oxygens (including phenoxy) is 2. The molecule has 6 rings (SSSR count). The molecule has 1 atom stereocenters. The average molecular weight is 481 g/mol. The standard InChI is InChI=1S/C25H23ClN3O3S/c26-18-6-2-1-5-17(18)22(29-11-3-4-12-29)21-14-27-24(33-21)28-23(30)25(9-10-25)16-7-8-19-20(13-16)32-15-31-19/h1-3,5-8,13-14,22H,4,9-12,15H2,(H,27,28,30)/t22-/m0/s1. The van der Waals surface area contributed by atoms with Crippen molar-refractivity contribution in [3.05, 3.63) is 76.1 Å². The van der Waals surface area contributed by atoms with E-state index in [0.717, 1.165) is 59.1 Å². The topological polar surface area (TPSA) is 63.7 Å². The van der Waals surface area contributed by atoms with Crippen LogP contribution in [0.15, 0.2) is 48.7 Å². The highest BCUT2D eigenvalue weighted by Crippen LogP contribution is 2.51. The fourth-order valence-corrected chi connectivity index (χ4v) is 5.92. The van der Waals surface area contributed by atoms with Crippen LogP contribution in [0.5, 0.6) is 11.5 Å². The van der Waals surface area contributed by atoms with E-state index in [4.69, 9.17) is 21.1 Å². The Kier molecular flexibility index (Phi) is 5.28. The van der Waals surface area contributed by atoms with E-state index in [9.17, 15) is 4.79 Å². The number of anilines is 1. The molecule has 3 aromatic rings. The summed E-state index contributed by atoms with van der Waals surface area (Å²) in [5, 5.41) is 4.44. The van der Waals surface area contributed by atoms with Crippen LogP contribution < -0.4 is 14.8 Å². The minimum atomic E-state index is -0.529. The summed E-state index contributed by atoms with van der Waals surface area (Å²) in [6, 6.07) is 13.8. The van der Waals surface area contributed by atoms with Crippen molar-refractivity contribution in [3.63, 3.8) is 0 Å². The largest absolute Gasteiger partial charge is 0.454 e. The molecule has 2 aromatic carbocycles. The summed E-state index contributed by atoms with van der Waals surface area (Å²) in [5.41, 5.74) is 1.50. The highest BCUT2D eigenvalue weighted by Gasteiger charge is 2.52. The van der Waals surface area contributed by atoms with Gasteiger partial charge in [0.15, 0.2) is 16.6 Å². The Hall–Kier alpha value is -2.61. The minimum Gasteiger partial charge on any atom is -0.454 e. The molecule has 3 heterocycles. The van der Waals surface area contributed by atoms with Crippen molar-refractivity contribution >= 4 is 34.0 Å². The van der Waals surface area contributed by atoms with E-state index >= 15 is 0 Å². The van der Waals surface area contributed by atoms with Crippen LogP contribution in [-0.4, -0.2) is 35.7 Å². The molecule has 8 heteroatoms. The Balaban J connectivity index is 1.25. The van der Waals surface area contributed by atoms with Gasteiger partial charge in [0, 0.05) is 22.6 Å². The molecule has 2 fully saturated rings. The first kappa shape index (κ1) is 21.0. The van der Waals surface area contributed by atoms with E-state index in [0.29, 0.717) is 10.9 Å². The molecule has 1 N–H and O–H groups in total. The van der Waals surface area contributed by atoms with Crippen LogP contribution in [0.1, 0.15) is 41.3 Å². The molecule has 1 amide bonds. The maximum atomic E-state index is 13.3. The van der Waals surface area contributed by atoms with E-state index in [1.54, 1.807) is 0 Å². The Morgan fingerprint density at radius 1 is 1.18 bits per heavy atom. The Morgan fingerprint density at radius 2 is 2.03 bits per heavy atom. The van der Waals surface area contributed by atoms with Crippen LogP contribution in [0.4, 0.5) is 5.13 Å².